The van der Waals surface area contributed by atoms with Crippen LogP contribution in [0.2, 0.25) is 0 Å². The lowest BCUT2D eigenvalue weighted by atomic mass is 9.99. The van der Waals surface area contributed by atoms with E-state index in [4.69, 9.17) is 0 Å². The zero-order chi connectivity index (χ0) is 14.9. The van der Waals surface area contributed by atoms with E-state index in [1.807, 2.05) is 12.1 Å². The van der Waals surface area contributed by atoms with Crippen LogP contribution in [0.15, 0.2) is 48.8 Å². The normalized spacial score (nSPS) is 19.7. The van der Waals surface area contributed by atoms with Gasteiger partial charge in [0, 0.05) is 25.0 Å². The van der Waals surface area contributed by atoms with Gasteiger partial charge in [-0.05, 0) is 54.5 Å². The van der Waals surface area contributed by atoms with Crippen LogP contribution in [0.4, 0.5) is 0 Å². The van der Waals surface area contributed by atoms with Crippen LogP contribution in [0.25, 0.3) is 0 Å². The second kappa shape index (κ2) is 5.56. The van der Waals surface area contributed by atoms with Crippen molar-refractivity contribution in [2.45, 2.75) is 44.2 Å². The lowest BCUT2D eigenvalue weighted by Gasteiger charge is -2.26. The third-order valence-electron chi connectivity index (χ3n) is 4.80. The van der Waals surface area contributed by atoms with Gasteiger partial charge in [-0.1, -0.05) is 24.3 Å². The minimum atomic E-state index is 0.0543. The molecule has 2 aromatic rings. The number of benzene rings is 1. The van der Waals surface area contributed by atoms with Gasteiger partial charge in [0.15, 0.2) is 0 Å². The first-order valence-corrected chi connectivity index (χ1v) is 8.10. The number of aryl methyl sites for hydroxylation is 1. The minimum absolute atomic E-state index is 0.0543. The Morgan fingerprint density at radius 3 is 2.64 bits per heavy atom. The fourth-order valence-electron chi connectivity index (χ4n) is 3.47. The molecule has 0 aliphatic heterocycles. The number of hydrogen-bond acceptors (Lipinski definition) is 2. The van der Waals surface area contributed by atoms with Crippen molar-refractivity contribution in [2.24, 2.45) is 0 Å². The van der Waals surface area contributed by atoms with E-state index in [1.54, 1.807) is 12.4 Å². The van der Waals surface area contributed by atoms with Crippen molar-refractivity contribution in [3.05, 3.63) is 65.5 Å². The third-order valence-corrected chi connectivity index (χ3v) is 4.80. The van der Waals surface area contributed by atoms with Gasteiger partial charge in [0.2, 0.25) is 5.91 Å². The molecule has 0 N–H and O–H groups in total. The van der Waals surface area contributed by atoms with Gasteiger partial charge in [-0.25, -0.2) is 0 Å². The molecule has 1 atom stereocenters. The molecule has 4 rings (SSSR count). The summed E-state index contributed by atoms with van der Waals surface area (Å²) in [6, 6.07) is 12.9. The van der Waals surface area contributed by atoms with Crippen LogP contribution in [0, 0.1) is 0 Å². The SMILES string of the molecule is O=C(C1CCc2ccccc21)N(Cc1ccncc1)C1CC1. The molecule has 2 aliphatic carbocycles. The van der Waals surface area contributed by atoms with Gasteiger partial charge in [0.25, 0.3) is 0 Å². The topological polar surface area (TPSA) is 33.2 Å². The van der Waals surface area contributed by atoms with E-state index < -0.39 is 0 Å². The van der Waals surface area contributed by atoms with Gasteiger partial charge < -0.3 is 4.90 Å². The van der Waals surface area contributed by atoms with Gasteiger partial charge in [0.05, 0.1) is 5.92 Å². The van der Waals surface area contributed by atoms with E-state index in [9.17, 15) is 4.79 Å². The zero-order valence-corrected chi connectivity index (χ0v) is 12.6. The molecule has 3 heteroatoms. The molecule has 2 aliphatic rings. The number of hydrogen-bond donors (Lipinski definition) is 0. The monoisotopic (exact) mass is 292 g/mol. The standard InChI is InChI=1S/C19H20N2O/c22-19(18-8-5-15-3-1-2-4-17(15)18)21(16-6-7-16)13-14-9-11-20-12-10-14/h1-4,9-12,16,18H,5-8,13H2. The molecule has 1 aromatic heterocycles. The highest BCUT2D eigenvalue weighted by Gasteiger charge is 2.38. The van der Waals surface area contributed by atoms with Crippen LogP contribution >= 0.6 is 0 Å². The summed E-state index contributed by atoms with van der Waals surface area (Å²) in [5, 5.41) is 0. The summed E-state index contributed by atoms with van der Waals surface area (Å²) in [6.45, 7) is 0.713. The highest BCUT2D eigenvalue weighted by atomic mass is 16.2. The second-order valence-electron chi connectivity index (χ2n) is 6.34. The van der Waals surface area contributed by atoms with Crippen LogP contribution < -0.4 is 0 Å². The summed E-state index contributed by atoms with van der Waals surface area (Å²) in [6.07, 6.45) is 7.87. The number of fused-ring (bicyclic) bond motifs is 1. The number of pyridine rings is 1. The van der Waals surface area contributed by atoms with Crippen molar-refractivity contribution >= 4 is 5.91 Å². The van der Waals surface area contributed by atoms with E-state index in [-0.39, 0.29) is 5.92 Å². The molecule has 1 amide bonds. The molecule has 0 radical (unpaired) electrons. The highest BCUT2D eigenvalue weighted by Crippen LogP contribution is 2.38. The fraction of sp³-hybridized carbons (Fsp3) is 0.368. The van der Waals surface area contributed by atoms with Gasteiger partial charge in [-0.15, -0.1) is 0 Å². The van der Waals surface area contributed by atoms with E-state index >= 15 is 0 Å². The maximum Gasteiger partial charge on any atom is 0.230 e. The smallest absolute Gasteiger partial charge is 0.230 e. The summed E-state index contributed by atoms with van der Waals surface area (Å²) < 4.78 is 0. The Morgan fingerprint density at radius 2 is 1.86 bits per heavy atom. The van der Waals surface area contributed by atoms with Crippen molar-refractivity contribution < 1.29 is 4.79 Å². The number of carbonyl (C=O) groups excluding carboxylic acids is 1. The van der Waals surface area contributed by atoms with Crippen molar-refractivity contribution in [1.29, 1.82) is 0 Å². The molecule has 1 heterocycles. The summed E-state index contributed by atoms with van der Waals surface area (Å²) in [4.78, 5) is 19.3. The average molecular weight is 292 g/mol. The molecule has 112 valence electrons. The Hall–Kier alpha value is -2.16. The van der Waals surface area contributed by atoms with Crippen molar-refractivity contribution in [1.82, 2.24) is 9.88 Å². The number of carbonyl (C=O) groups is 1. The predicted molar refractivity (Wildman–Crippen MR) is 85.3 cm³/mol. The first kappa shape index (κ1) is 13.5. The summed E-state index contributed by atoms with van der Waals surface area (Å²) in [5.41, 5.74) is 3.76. The Balaban J connectivity index is 1.57. The molecular weight excluding hydrogens is 272 g/mol. The maximum absolute atomic E-state index is 13.1. The quantitative estimate of drug-likeness (QED) is 0.866. The van der Waals surface area contributed by atoms with E-state index in [0.717, 1.165) is 25.7 Å². The number of aromatic nitrogens is 1. The van der Waals surface area contributed by atoms with Crippen molar-refractivity contribution in [3.63, 3.8) is 0 Å². The number of amides is 1. The molecule has 1 aromatic carbocycles. The Kier molecular flexibility index (Phi) is 3.41. The number of rotatable bonds is 4. The molecule has 3 nitrogen and oxygen atoms in total. The van der Waals surface area contributed by atoms with Crippen LogP contribution in [-0.2, 0) is 17.8 Å². The van der Waals surface area contributed by atoms with E-state index in [1.165, 1.54) is 16.7 Å². The Labute approximate surface area is 131 Å². The largest absolute Gasteiger partial charge is 0.335 e. The molecule has 1 fully saturated rings. The Morgan fingerprint density at radius 1 is 1.09 bits per heavy atom. The van der Waals surface area contributed by atoms with E-state index in [2.05, 4.69) is 34.1 Å². The first-order chi connectivity index (χ1) is 10.8. The summed E-state index contributed by atoms with van der Waals surface area (Å²) in [7, 11) is 0. The molecule has 0 bridgehead atoms. The molecular formula is C19H20N2O. The van der Waals surface area contributed by atoms with Gasteiger partial charge >= 0.3 is 0 Å². The molecule has 0 saturated heterocycles. The van der Waals surface area contributed by atoms with Crippen LogP contribution in [0.3, 0.4) is 0 Å². The van der Waals surface area contributed by atoms with Gasteiger partial charge in [0.1, 0.15) is 0 Å². The molecule has 1 unspecified atom stereocenters. The molecule has 1 saturated carbocycles. The fourth-order valence-corrected chi connectivity index (χ4v) is 3.47. The Bertz CT molecular complexity index is 679. The number of nitrogens with zero attached hydrogens (tertiary/aromatic N) is 2. The van der Waals surface area contributed by atoms with E-state index in [0.29, 0.717) is 18.5 Å². The lowest BCUT2D eigenvalue weighted by Crippen LogP contribution is -2.36. The molecule has 22 heavy (non-hydrogen) atoms. The average Bonchev–Trinajstić information content (AvgIpc) is 3.31. The summed E-state index contributed by atoms with van der Waals surface area (Å²) in [5.74, 6) is 0.364. The van der Waals surface area contributed by atoms with Crippen LogP contribution in [-0.4, -0.2) is 21.8 Å². The minimum Gasteiger partial charge on any atom is -0.335 e. The summed E-state index contributed by atoms with van der Waals surface area (Å²) >= 11 is 0. The predicted octanol–water partition coefficient (Wildman–Crippen LogP) is 3.30. The maximum atomic E-state index is 13.1. The highest BCUT2D eigenvalue weighted by molar-refractivity contribution is 5.85. The van der Waals surface area contributed by atoms with Crippen molar-refractivity contribution in [2.75, 3.05) is 0 Å². The van der Waals surface area contributed by atoms with Crippen molar-refractivity contribution in [3.8, 4) is 0 Å². The van der Waals surface area contributed by atoms with Crippen LogP contribution in [0.5, 0.6) is 0 Å². The third kappa shape index (κ3) is 2.52. The second-order valence-corrected chi connectivity index (χ2v) is 6.34. The van der Waals surface area contributed by atoms with Gasteiger partial charge in [-0.3, -0.25) is 9.78 Å². The van der Waals surface area contributed by atoms with Gasteiger partial charge in [-0.2, -0.15) is 0 Å². The zero-order valence-electron chi connectivity index (χ0n) is 12.6. The van der Waals surface area contributed by atoms with Crippen LogP contribution in [0.1, 0.15) is 41.9 Å². The first-order valence-electron chi connectivity index (χ1n) is 8.10. The lowest BCUT2D eigenvalue weighted by molar-refractivity contribution is -0.134. The molecule has 0 spiro atoms.